The van der Waals surface area contributed by atoms with E-state index in [2.05, 4.69) is 23.8 Å². The van der Waals surface area contributed by atoms with E-state index in [1.54, 1.807) is 13.0 Å². The van der Waals surface area contributed by atoms with Crippen LogP contribution in [-0.2, 0) is 23.9 Å². The van der Waals surface area contributed by atoms with E-state index in [1.165, 1.54) is 0 Å². The number of hydrogen-bond acceptors (Lipinski definition) is 6. The Balaban J connectivity index is 4.22. The number of unbranched alkanes of at least 4 members (excludes halogenated alkanes) is 2. The molecular formula is C21H36N2O6. The number of rotatable bonds is 18. The van der Waals surface area contributed by atoms with Gasteiger partial charge in [-0.2, -0.15) is 0 Å². The molecule has 0 aromatic carbocycles. The maximum atomic E-state index is 12.4. The van der Waals surface area contributed by atoms with Crippen molar-refractivity contribution in [2.45, 2.75) is 51.5 Å². The van der Waals surface area contributed by atoms with E-state index < -0.39 is 5.92 Å². The van der Waals surface area contributed by atoms with Gasteiger partial charge in [-0.3, -0.25) is 14.4 Å². The first kappa shape index (κ1) is 26.8. The molecule has 166 valence electrons. The van der Waals surface area contributed by atoms with E-state index in [0.717, 1.165) is 19.3 Å². The Labute approximate surface area is 173 Å². The fourth-order valence-corrected chi connectivity index (χ4v) is 2.46. The fraction of sp³-hybridized carbons (Fsp3) is 0.667. The van der Waals surface area contributed by atoms with Gasteiger partial charge in [0.05, 0.1) is 31.8 Å². The Hall–Kier alpha value is -2.19. The highest BCUT2D eigenvalue weighted by molar-refractivity contribution is 5.86. The van der Waals surface area contributed by atoms with E-state index >= 15 is 0 Å². The maximum Gasteiger partial charge on any atom is 0.305 e. The van der Waals surface area contributed by atoms with Crippen LogP contribution in [0.1, 0.15) is 45.4 Å². The zero-order chi connectivity index (χ0) is 21.9. The third kappa shape index (κ3) is 15.4. The predicted molar refractivity (Wildman–Crippen MR) is 111 cm³/mol. The average Bonchev–Trinajstić information content (AvgIpc) is 2.69. The third-order valence-electron chi connectivity index (χ3n) is 3.98. The minimum Gasteiger partial charge on any atom is -0.464 e. The number of carbonyl (C=O) groups is 3. The van der Waals surface area contributed by atoms with E-state index in [9.17, 15) is 14.4 Å². The second-order valence-electron chi connectivity index (χ2n) is 6.74. The lowest BCUT2D eigenvalue weighted by Gasteiger charge is -2.19. The molecule has 2 unspecified atom stereocenters. The lowest BCUT2D eigenvalue weighted by Crippen LogP contribution is -2.41. The van der Waals surface area contributed by atoms with Gasteiger partial charge in [0.15, 0.2) is 0 Å². The van der Waals surface area contributed by atoms with Crippen LogP contribution in [0, 0.1) is 5.92 Å². The summed E-state index contributed by atoms with van der Waals surface area (Å²) >= 11 is 0. The highest BCUT2D eigenvalue weighted by atomic mass is 16.5. The second-order valence-corrected chi connectivity index (χ2v) is 6.74. The molecule has 2 atom stereocenters. The van der Waals surface area contributed by atoms with E-state index in [-0.39, 0.29) is 50.1 Å². The zero-order valence-corrected chi connectivity index (χ0v) is 17.5. The first-order chi connectivity index (χ1) is 13.9. The van der Waals surface area contributed by atoms with Crippen molar-refractivity contribution in [3.05, 3.63) is 25.3 Å². The lowest BCUT2D eigenvalue weighted by atomic mass is 9.99. The molecule has 2 amide bonds. The van der Waals surface area contributed by atoms with Gasteiger partial charge in [0.2, 0.25) is 11.8 Å². The number of ether oxygens (including phenoxy) is 2. The average molecular weight is 413 g/mol. The standard InChI is InChI=1S/C21H36N2O6/c1-4-6-7-8-10-20(26)29-16-17(3)23-21(27)18(9-5-2)15-19(25)22-11-13-28-14-12-24/h4-5,17-18,24H,1-2,6-16H2,3H3,(H,22,25)(H,23,27). The van der Waals surface area contributed by atoms with Crippen LogP contribution >= 0.6 is 0 Å². The van der Waals surface area contributed by atoms with Crippen LogP contribution in [-0.4, -0.2) is 61.9 Å². The van der Waals surface area contributed by atoms with E-state index in [1.807, 2.05) is 6.08 Å². The summed E-state index contributed by atoms with van der Waals surface area (Å²) in [5.74, 6) is -1.40. The Morgan fingerprint density at radius 2 is 1.90 bits per heavy atom. The number of hydrogen-bond donors (Lipinski definition) is 3. The summed E-state index contributed by atoms with van der Waals surface area (Å²) in [5, 5.41) is 14.1. The van der Waals surface area contributed by atoms with Crippen LogP contribution in [0.5, 0.6) is 0 Å². The van der Waals surface area contributed by atoms with Crippen molar-refractivity contribution in [2.75, 3.05) is 33.0 Å². The number of aliphatic hydroxyl groups is 1. The largest absolute Gasteiger partial charge is 0.464 e. The quantitative estimate of drug-likeness (QED) is 0.179. The van der Waals surface area contributed by atoms with Crippen LogP contribution in [0.2, 0.25) is 0 Å². The van der Waals surface area contributed by atoms with Crippen LogP contribution < -0.4 is 10.6 Å². The number of aliphatic hydroxyl groups excluding tert-OH is 1. The number of nitrogens with one attached hydrogen (secondary N) is 2. The highest BCUT2D eigenvalue weighted by Crippen LogP contribution is 2.10. The fourth-order valence-electron chi connectivity index (χ4n) is 2.46. The van der Waals surface area contributed by atoms with E-state index in [0.29, 0.717) is 26.0 Å². The van der Waals surface area contributed by atoms with Crippen LogP contribution in [0.3, 0.4) is 0 Å². The van der Waals surface area contributed by atoms with Gasteiger partial charge in [0.25, 0.3) is 0 Å². The van der Waals surface area contributed by atoms with Crippen molar-refractivity contribution < 1.29 is 29.0 Å². The summed E-state index contributed by atoms with van der Waals surface area (Å²) in [4.78, 5) is 36.1. The van der Waals surface area contributed by atoms with Gasteiger partial charge in [-0.15, -0.1) is 13.2 Å². The summed E-state index contributed by atoms with van der Waals surface area (Å²) in [5.41, 5.74) is 0. The Kier molecular flexibility index (Phi) is 16.5. The van der Waals surface area contributed by atoms with Gasteiger partial charge >= 0.3 is 5.97 Å². The Morgan fingerprint density at radius 1 is 1.14 bits per heavy atom. The van der Waals surface area contributed by atoms with Gasteiger partial charge in [-0.05, 0) is 32.6 Å². The maximum absolute atomic E-state index is 12.4. The molecule has 0 fully saturated rings. The van der Waals surface area contributed by atoms with Crippen molar-refractivity contribution in [2.24, 2.45) is 5.92 Å². The van der Waals surface area contributed by atoms with Crippen LogP contribution in [0.15, 0.2) is 25.3 Å². The van der Waals surface area contributed by atoms with Gasteiger partial charge in [-0.25, -0.2) is 0 Å². The zero-order valence-electron chi connectivity index (χ0n) is 17.5. The Bertz CT molecular complexity index is 509. The number of amides is 2. The first-order valence-electron chi connectivity index (χ1n) is 10.1. The van der Waals surface area contributed by atoms with Crippen molar-refractivity contribution >= 4 is 17.8 Å². The van der Waals surface area contributed by atoms with Crippen molar-refractivity contribution in [3.63, 3.8) is 0 Å². The van der Waals surface area contributed by atoms with Gasteiger partial charge in [0, 0.05) is 19.4 Å². The Morgan fingerprint density at radius 3 is 2.55 bits per heavy atom. The predicted octanol–water partition coefficient (Wildman–Crippen LogP) is 1.49. The molecule has 3 N–H and O–H groups in total. The molecule has 0 aliphatic carbocycles. The van der Waals surface area contributed by atoms with Gasteiger partial charge in [0.1, 0.15) is 6.61 Å². The molecule has 29 heavy (non-hydrogen) atoms. The minimum atomic E-state index is -0.553. The molecule has 0 aromatic rings. The summed E-state index contributed by atoms with van der Waals surface area (Å²) in [6, 6.07) is -0.359. The van der Waals surface area contributed by atoms with Crippen molar-refractivity contribution in [3.8, 4) is 0 Å². The summed E-state index contributed by atoms with van der Waals surface area (Å²) in [6.07, 6.45) is 6.63. The summed E-state index contributed by atoms with van der Waals surface area (Å²) in [6.45, 7) is 9.84. The normalized spacial score (nSPS) is 12.5. The first-order valence-corrected chi connectivity index (χ1v) is 10.1. The molecule has 8 nitrogen and oxygen atoms in total. The molecule has 0 rings (SSSR count). The van der Waals surface area contributed by atoms with Crippen LogP contribution in [0.25, 0.3) is 0 Å². The van der Waals surface area contributed by atoms with Crippen LogP contribution in [0.4, 0.5) is 0 Å². The summed E-state index contributed by atoms with van der Waals surface area (Å²) in [7, 11) is 0. The number of esters is 1. The lowest BCUT2D eigenvalue weighted by molar-refractivity contribution is -0.145. The van der Waals surface area contributed by atoms with E-state index in [4.69, 9.17) is 14.6 Å². The second kappa shape index (κ2) is 17.9. The monoisotopic (exact) mass is 412 g/mol. The molecule has 0 radical (unpaired) electrons. The SMILES string of the molecule is C=CCCCCC(=O)OCC(C)NC(=O)C(CC=C)CC(=O)NCCOCCO. The molecular weight excluding hydrogens is 376 g/mol. The molecule has 0 saturated heterocycles. The highest BCUT2D eigenvalue weighted by Gasteiger charge is 2.22. The van der Waals surface area contributed by atoms with Gasteiger partial charge in [-0.1, -0.05) is 12.2 Å². The molecule has 0 spiro atoms. The molecule has 0 saturated carbocycles. The molecule has 0 aliphatic heterocycles. The molecule has 8 heteroatoms. The molecule has 0 aromatic heterocycles. The molecule has 0 bridgehead atoms. The van der Waals surface area contributed by atoms with Crippen molar-refractivity contribution in [1.82, 2.24) is 10.6 Å². The van der Waals surface area contributed by atoms with Gasteiger partial charge < -0.3 is 25.2 Å². The molecule has 0 heterocycles. The third-order valence-corrected chi connectivity index (χ3v) is 3.98. The van der Waals surface area contributed by atoms with Crippen molar-refractivity contribution in [1.29, 1.82) is 0 Å². The summed E-state index contributed by atoms with van der Waals surface area (Å²) < 4.78 is 10.2. The topological polar surface area (TPSA) is 114 Å². The molecule has 0 aliphatic rings. The smallest absolute Gasteiger partial charge is 0.305 e. The number of allylic oxidation sites excluding steroid dienone is 2. The number of carbonyl (C=O) groups excluding carboxylic acids is 3. The minimum absolute atomic E-state index is 0.0215.